The number of hydrogen-bond acceptors (Lipinski definition) is 4. The van der Waals surface area contributed by atoms with E-state index in [9.17, 15) is 9.18 Å². The number of nitrogen functional groups attached to an aromatic ring is 1. The summed E-state index contributed by atoms with van der Waals surface area (Å²) in [6.07, 6.45) is 4.02. The quantitative estimate of drug-likeness (QED) is 0.671. The van der Waals surface area contributed by atoms with Gasteiger partial charge < -0.3 is 15.0 Å². The standard InChI is InChI=1S/C13H14FN3O2/c1-17-6-5-16-12(17)4-7-19-13(18)9-2-3-10(14)11(15)8-9/h2-3,5-6,8H,4,7,15H2,1H3. The minimum atomic E-state index is -0.551. The SMILES string of the molecule is Cn1ccnc1CCOC(=O)c1ccc(F)c(N)c1. The molecule has 0 fully saturated rings. The smallest absolute Gasteiger partial charge is 0.338 e. The molecule has 1 aromatic heterocycles. The molecule has 0 aliphatic heterocycles. The first-order chi connectivity index (χ1) is 9.08. The number of benzene rings is 1. The summed E-state index contributed by atoms with van der Waals surface area (Å²) >= 11 is 0. The molecule has 0 saturated heterocycles. The summed E-state index contributed by atoms with van der Waals surface area (Å²) in [6, 6.07) is 3.75. The largest absolute Gasteiger partial charge is 0.462 e. The van der Waals surface area contributed by atoms with Crippen molar-refractivity contribution >= 4 is 11.7 Å². The molecule has 0 atom stereocenters. The summed E-state index contributed by atoms with van der Waals surface area (Å²) in [7, 11) is 1.87. The Labute approximate surface area is 109 Å². The molecule has 0 aliphatic carbocycles. The number of carbonyl (C=O) groups is 1. The van der Waals surface area contributed by atoms with Gasteiger partial charge in [0.1, 0.15) is 11.6 Å². The molecule has 0 spiro atoms. The molecule has 2 aromatic rings. The number of aryl methyl sites for hydroxylation is 1. The van der Waals surface area contributed by atoms with Crippen molar-refractivity contribution in [2.45, 2.75) is 6.42 Å². The van der Waals surface area contributed by atoms with Gasteiger partial charge in [-0.05, 0) is 18.2 Å². The van der Waals surface area contributed by atoms with Gasteiger partial charge in [0.15, 0.2) is 0 Å². The number of esters is 1. The van der Waals surface area contributed by atoms with Gasteiger partial charge in [-0.15, -0.1) is 0 Å². The number of nitrogens with two attached hydrogens (primary N) is 1. The Morgan fingerprint density at radius 2 is 2.32 bits per heavy atom. The maximum atomic E-state index is 13.0. The van der Waals surface area contributed by atoms with Crippen LogP contribution in [0, 0.1) is 5.82 Å². The van der Waals surface area contributed by atoms with Crippen molar-refractivity contribution in [2.75, 3.05) is 12.3 Å². The van der Waals surface area contributed by atoms with E-state index in [0.29, 0.717) is 6.42 Å². The summed E-state index contributed by atoms with van der Waals surface area (Å²) in [5.74, 6) is -0.253. The molecule has 1 heterocycles. The van der Waals surface area contributed by atoms with Crippen LogP contribution in [0.4, 0.5) is 10.1 Å². The molecule has 0 bridgehead atoms. The fraction of sp³-hybridized carbons (Fsp3) is 0.231. The topological polar surface area (TPSA) is 70.1 Å². The second-order valence-corrected chi connectivity index (χ2v) is 4.08. The molecule has 100 valence electrons. The molecule has 6 heteroatoms. The molecular weight excluding hydrogens is 249 g/mol. The number of halogens is 1. The van der Waals surface area contributed by atoms with Crippen molar-refractivity contribution < 1.29 is 13.9 Å². The highest BCUT2D eigenvalue weighted by Gasteiger charge is 2.10. The number of imidazole rings is 1. The number of carbonyl (C=O) groups excluding carboxylic acids is 1. The average molecular weight is 263 g/mol. The van der Waals surface area contributed by atoms with E-state index < -0.39 is 11.8 Å². The van der Waals surface area contributed by atoms with E-state index in [2.05, 4.69) is 4.98 Å². The summed E-state index contributed by atoms with van der Waals surface area (Å²) in [6.45, 7) is 0.209. The first-order valence-corrected chi connectivity index (χ1v) is 5.76. The van der Waals surface area contributed by atoms with Gasteiger partial charge in [-0.25, -0.2) is 14.2 Å². The molecule has 19 heavy (non-hydrogen) atoms. The van der Waals surface area contributed by atoms with Crippen molar-refractivity contribution in [3.8, 4) is 0 Å². The lowest BCUT2D eigenvalue weighted by atomic mass is 10.2. The predicted octanol–water partition coefficient (Wildman–Crippen LogP) is 1.54. The number of nitrogens with zero attached hydrogens (tertiary/aromatic N) is 2. The normalized spacial score (nSPS) is 10.4. The number of ether oxygens (including phenoxy) is 1. The zero-order valence-corrected chi connectivity index (χ0v) is 10.5. The van der Waals surface area contributed by atoms with Crippen molar-refractivity contribution in [1.29, 1.82) is 0 Å². The summed E-state index contributed by atoms with van der Waals surface area (Å²) < 4.78 is 19.9. The third-order valence-corrected chi connectivity index (χ3v) is 2.71. The summed E-state index contributed by atoms with van der Waals surface area (Å²) in [4.78, 5) is 15.8. The fourth-order valence-corrected chi connectivity index (χ4v) is 1.63. The Morgan fingerprint density at radius 3 is 2.95 bits per heavy atom. The summed E-state index contributed by atoms with van der Waals surface area (Å²) in [5.41, 5.74) is 5.55. The van der Waals surface area contributed by atoms with Crippen LogP contribution in [0.25, 0.3) is 0 Å². The molecular formula is C13H14FN3O2. The van der Waals surface area contributed by atoms with Crippen LogP contribution in [0.15, 0.2) is 30.6 Å². The van der Waals surface area contributed by atoms with Gasteiger partial charge in [0, 0.05) is 25.9 Å². The van der Waals surface area contributed by atoms with E-state index >= 15 is 0 Å². The van der Waals surface area contributed by atoms with E-state index in [1.165, 1.54) is 12.1 Å². The van der Waals surface area contributed by atoms with Crippen molar-refractivity contribution in [1.82, 2.24) is 9.55 Å². The third-order valence-electron chi connectivity index (χ3n) is 2.71. The first kappa shape index (κ1) is 13.1. The van der Waals surface area contributed by atoms with Crippen LogP contribution in [0.5, 0.6) is 0 Å². The minimum Gasteiger partial charge on any atom is -0.462 e. The summed E-state index contributed by atoms with van der Waals surface area (Å²) in [5, 5.41) is 0. The van der Waals surface area contributed by atoms with Gasteiger partial charge in [-0.3, -0.25) is 0 Å². The first-order valence-electron chi connectivity index (χ1n) is 5.76. The molecule has 0 saturated carbocycles. The zero-order chi connectivity index (χ0) is 13.8. The fourth-order valence-electron chi connectivity index (χ4n) is 1.63. The lowest BCUT2D eigenvalue weighted by molar-refractivity contribution is 0.0507. The van der Waals surface area contributed by atoms with Gasteiger partial charge in [0.25, 0.3) is 0 Å². The van der Waals surface area contributed by atoms with Crippen LogP contribution in [0.2, 0.25) is 0 Å². The van der Waals surface area contributed by atoms with Gasteiger partial charge >= 0.3 is 5.97 Å². The van der Waals surface area contributed by atoms with Crippen LogP contribution in [0.3, 0.4) is 0 Å². The number of anilines is 1. The second-order valence-electron chi connectivity index (χ2n) is 4.08. The molecule has 2 rings (SSSR count). The molecule has 5 nitrogen and oxygen atoms in total. The number of aromatic nitrogens is 2. The van der Waals surface area contributed by atoms with E-state index in [0.717, 1.165) is 11.9 Å². The van der Waals surface area contributed by atoms with Crippen LogP contribution >= 0.6 is 0 Å². The van der Waals surface area contributed by atoms with Crippen LogP contribution in [-0.2, 0) is 18.2 Å². The molecule has 2 N–H and O–H groups in total. The van der Waals surface area contributed by atoms with Crippen molar-refractivity contribution in [3.63, 3.8) is 0 Å². The predicted molar refractivity (Wildman–Crippen MR) is 68.0 cm³/mol. The maximum absolute atomic E-state index is 13.0. The number of hydrogen-bond donors (Lipinski definition) is 1. The Balaban J connectivity index is 1.91. The van der Waals surface area contributed by atoms with E-state index in [4.69, 9.17) is 10.5 Å². The van der Waals surface area contributed by atoms with Gasteiger partial charge in [0.2, 0.25) is 0 Å². The lowest BCUT2D eigenvalue weighted by Gasteiger charge is -2.06. The van der Waals surface area contributed by atoms with E-state index in [1.807, 2.05) is 17.8 Å². The van der Waals surface area contributed by atoms with Crippen LogP contribution in [0.1, 0.15) is 16.2 Å². The Bertz CT molecular complexity index is 595. The van der Waals surface area contributed by atoms with E-state index in [1.54, 1.807) is 6.20 Å². The maximum Gasteiger partial charge on any atom is 0.338 e. The second kappa shape index (κ2) is 5.51. The van der Waals surface area contributed by atoms with Gasteiger partial charge in [-0.2, -0.15) is 0 Å². The molecule has 1 aromatic carbocycles. The average Bonchev–Trinajstić information content (AvgIpc) is 2.78. The van der Waals surface area contributed by atoms with Crippen molar-refractivity contribution in [2.24, 2.45) is 7.05 Å². The Hall–Kier alpha value is -2.37. The van der Waals surface area contributed by atoms with Crippen molar-refractivity contribution in [3.05, 3.63) is 47.8 Å². The third kappa shape index (κ3) is 3.09. The molecule has 0 amide bonds. The van der Waals surface area contributed by atoms with Gasteiger partial charge in [0.05, 0.1) is 17.9 Å². The lowest BCUT2D eigenvalue weighted by Crippen LogP contribution is -2.10. The monoisotopic (exact) mass is 263 g/mol. The number of rotatable bonds is 4. The minimum absolute atomic E-state index is 0.0708. The Morgan fingerprint density at radius 1 is 1.53 bits per heavy atom. The highest BCUT2D eigenvalue weighted by molar-refractivity contribution is 5.90. The molecule has 0 radical (unpaired) electrons. The zero-order valence-electron chi connectivity index (χ0n) is 10.5. The Kier molecular flexibility index (Phi) is 3.79. The van der Waals surface area contributed by atoms with E-state index in [-0.39, 0.29) is 17.9 Å². The van der Waals surface area contributed by atoms with Gasteiger partial charge in [-0.1, -0.05) is 0 Å². The highest BCUT2D eigenvalue weighted by Crippen LogP contribution is 2.13. The highest BCUT2D eigenvalue weighted by atomic mass is 19.1. The molecule has 0 unspecified atom stereocenters. The van der Waals surface area contributed by atoms with Crippen LogP contribution < -0.4 is 5.73 Å². The van der Waals surface area contributed by atoms with Crippen LogP contribution in [-0.4, -0.2) is 22.1 Å². The molecule has 0 aliphatic rings.